The Balaban J connectivity index is 2.25. The number of carbonyl (C=O) groups is 3. The zero-order valence-corrected chi connectivity index (χ0v) is 9.41. The average Bonchev–Trinajstić information content (AvgIpc) is 2.50. The van der Waals surface area contributed by atoms with Crippen molar-refractivity contribution in [3.05, 3.63) is 35.4 Å². The van der Waals surface area contributed by atoms with Gasteiger partial charge < -0.3 is 0 Å². The quantitative estimate of drug-likeness (QED) is 0.729. The molecule has 1 heterocycles. The Kier molecular flexibility index (Phi) is 2.78. The molecule has 0 fully saturated rings. The number of nitrogens with zero attached hydrogens (tertiary/aromatic N) is 1. The molecule has 0 aliphatic carbocycles. The summed E-state index contributed by atoms with van der Waals surface area (Å²) in [5.74, 6) is -0.564. The van der Waals surface area contributed by atoms with E-state index in [4.69, 9.17) is 0 Å². The molecule has 1 aliphatic rings. The van der Waals surface area contributed by atoms with E-state index < -0.39 is 0 Å². The van der Waals surface area contributed by atoms with Gasteiger partial charge in [-0.25, -0.2) is 0 Å². The third kappa shape index (κ3) is 1.74. The van der Waals surface area contributed by atoms with E-state index in [1.165, 1.54) is 6.92 Å². The Morgan fingerprint density at radius 1 is 1.19 bits per heavy atom. The number of carbonyl (C=O) groups excluding carboxylic acids is 3. The van der Waals surface area contributed by atoms with Crippen molar-refractivity contribution in [3.63, 3.8) is 0 Å². The predicted molar refractivity (Wildman–Crippen MR) is 60.1 cm³/mol. The maximum Gasteiger partial charge on any atom is 0.262 e. The summed E-state index contributed by atoms with van der Waals surface area (Å²) in [4.78, 5) is 35.5. The van der Waals surface area contributed by atoms with E-state index >= 15 is 0 Å². The first-order valence-electron chi connectivity index (χ1n) is 4.70. The largest absolute Gasteiger partial charge is 0.287 e. The van der Waals surface area contributed by atoms with E-state index in [9.17, 15) is 14.4 Å². The molecule has 0 saturated heterocycles. The number of hydrogen-bond donors (Lipinski definition) is 0. The molecule has 4 nitrogen and oxygen atoms in total. The molecule has 1 aliphatic heterocycles. The van der Waals surface area contributed by atoms with Crippen LogP contribution < -0.4 is 0 Å². The highest BCUT2D eigenvalue weighted by atomic mass is 32.2. The van der Waals surface area contributed by atoms with Gasteiger partial charge in [0.25, 0.3) is 11.8 Å². The lowest BCUT2D eigenvalue weighted by Gasteiger charge is -2.11. The third-order valence-corrected chi connectivity index (χ3v) is 3.07. The Bertz CT molecular complexity index is 449. The van der Waals surface area contributed by atoms with E-state index in [0.717, 1.165) is 16.7 Å². The van der Waals surface area contributed by atoms with Gasteiger partial charge in [-0.05, 0) is 12.1 Å². The molecule has 0 N–H and O–H groups in total. The smallest absolute Gasteiger partial charge is 0.262 e. The van der Waals surface area contributed by atoms with Gasteiger partial charge in [-0.3, -0.25) is 19.3 Å². The van der Waals surface area contributed by atoms with Gasteiger partial charge >= 0.3 is 0 Å². The number of hydrogen-bond acceptors (Lipinski definition) is 4. The topological polar surface area (TPSA) is 54.5 Å². The van der Waals surface area contributed by atoms with Crippen molar-refractivity contribution in [2.45, 2.75) is 6.92 Å². The first-order valence-corrected chi connectivity index (χ1v) is 5.68. The van der Waals surface area contributed by atoms with Crippen LogP contribution in [-0.2, 0) is 4.79 Å². The van der Waals surface area contributed by atoms with Crippen LogP contribution in [-0.4, -0.2) is 27.7 Å². The van der Waals surface area contributed by atoms with Crippen molar-refractivity contribution in [2.75, 3.05) is 5.88 Å². The zero-order chi connectivity index (χ0) is 11.7. The lowest BCUT2D eigenvalue weighted by atomic mass is 10.1. The molecule has 16 heavy (non-hydrogen) atoms. The van der Waals surface area contributed by atoms with Crippen LogP contribution in [0.15, 0.2) is 24.3 Å². The van der Waals surface area contributed by atoms with Gasteiger partial charge in [0.05, 0.1) is 17.0 Å². The second kappa shape index (κ2) is 4.09. The van der Waals surface area contributed by atoms with Gasteiger partial charge in [-0.1, -0.05) is 23.9 Å². The summed E-state index contributed by atoms with van der Waals surface area (Å²) >= 11 is 0.952. The maximum atomic E-state index is 11.8. The molecule has 0 bridgehead atoms. The molecule has 2 amide bonds. The highest BCUT2D eigenvalue weighted by Gasteiger charge is 2.34. The van der Waals surface area contributed by atoms with E-state index in [1.807, 2.05) is 0 Å². The van der Waals surface area contributed by atoms with Crippen molar-refractivity contribution >= 4 is 28.7 Å². The molecule has 0 unspecified atom stereocenters. The molecule has 0 aromatic heterocycles. The Morgan fingerprint density at radius 2 is 1.69 bits per heavy atom. The molecule has 0 spiro atoms. The van der Waals surface area contributed by atoms with Crippen LogP contribution in [0.1, 0.15) is 27.6 Å². The zero-order valence-electron chi connectivity index (χ0n) is 8.60. The first kappa shape index (κ1) is 10.9. The summed E-state index contributed by atoms with van der Waals surface area (Å²) in [6, 6.07) is 6.67. The van der Waals surface area contributed by atoms with Crippen LogP contribution in [0.25, 0.3) is 0 Å². The third-order valence-electron chi connectivity index (χ3n) is 2.28. The molecule has 0 radical (unpaired) electrons. The fourth-order valence-corrected chi connectivity index (χ4v) is 2.06. The van der Waals surface area contributed by atoms with Crippen molar-refractivity contribution in [2.24, 2.45) is 0 Å². The lowest BCUT2D eigenvalue weighted by Crippen LogP contribution is -2.29. The van der Waals surface area contributed by atoms with Crippen LogP contribution in [0.4, 0.5) is 0 Å². The summed E-state index contributed by atoms with van der Waals surface area (Å²) in [5.41, 5.74) is 0.827. The fourth-order valence-electron chi connectivity index (χ4n) is 1.51. The van der Waals surface area contributed by atoms with Gasteiger partial charge in [-0.15, -0.1) is 0 Å². The van der Waals surface area contributed by atoms with Crippen LogP contribution in [0.3, 0.4) is 0 Å². The molecule has 0 saturated carbocycles. The van der Waals surface area contributed by atoms with Crippen LogP contribution in [0, 0.1) is 0 Å². The van der Waals surface area contributed by atoms with Gasteiger partial charge in [0.1, 0.15) is 0 Å². The minimum Gasteiger partial charge on any atom is -0.287 e. The van der Waals surface area contributed by atoms with Crippen molar-refractivity contribution in [3.8, 4) is 0 Å². The van der Waals surface area contributed by atoms with Crippen LogP contribution in [0.2, 0.25) is 0 Å². The van der Waals surface area contributed by atoms with Gasteiger partial charge in [0, 0.05) is 6.92 Å². The monoisotopic (exact) mass is 235 g/mol. The second-order valence-corrected chi connectivity index (χ2v) is 4.47. The summed E-state index contributed by atoms with van der Waals surface area (Å²) in [6.45, 7) is 1.41. The molecule has 2 rings (SSSR count). The lowest BCUT2D eigenvalue weighted by molar-refractivity contribution is -0.109. The number of amides is 2. The highest BCUT2D eigenvalue weighted by molar-refractivity contribution is 8.13. The van der Waals surface area contributed by atoms with E-state index in [2.05, 4.69) is 0 Å². The second-order valence-electron chi connectivity index (χ2n) is 3.35. The fraction of sp³-hybridized carbons (Fsp3) is 0.182. The molecule has 0 atom stereocenters. The molecular weight excluding hydrogens is 226 g/mol. The van der Waals surface area contributed by atoms with Gasteiger partial charge in [0.15, 0.2) is 5.12 Å². The molecule has 82 valence electrons. The van der Waals surface area contributed by atoms with E-state index in [1.54, 1.807) is 24.3 Å². The van der Waals surface area contributed by atoms with Crippen LogP contribution in [0.5, 0.6) is 0 Å². The molecule has 1 aromatic carbocycles. The summed E-state index contributed by atoms with van der Waals surface area (Å²) in [5, 5.41) is -0.114. The van der Waals surface area contributed by atoms with Crippen molar-refractivity contribution < 1.29 is 14.4 Å². The summed E-state index contributed by atoms with van der Waals surface area (Å²) < 4.78 is 0. The molecule has 1 aromatic rings. The summed E-state index contributed by atoms with van der Waals surface area (Å²) in [7, 11) is 0. The van der Waals surface area contributed by atoms with Crippen molar-refractivity contribution in [1.29, 1.82) is 0 Å². The first-order chi connectivity index (χ1) is 7.61. The highest BCUT2D eigenvalue weighted by Crippen LogP contribution is 2.24. The molecule has 5 heteroatoms. The average molecular weight is 235 g/mol. The number of imide groups is 1. The standard InChI is InChI=1S/C11H9NO3S/c1-7(13)16-6-12-10(14)8-4-2-3-5-9(8)11(12)15/h2-5H,6H2,1H3. The minimum absolute atomic E-state index is 0.0850. The SMILES string of the molecule is CC(=O)SCN1C(=O)c2ccccc2C1=O. The van der Waals surface area contributed by atoms with E-state index in [0.29, 0.717) is 11.1 Å². The normalized spacial score (nSPS) is 14.2. The number of rotatable bonds is 2. The number of fused-ring (bicyclic) bond motifs is 1. The summed E-state index contributed by atoms with van der Waals surface area (Å²) in [6.07, 6.45) is 0. The molecular formula is C11H9NO3S. The van der Waals surface area contributed by atoms with E-state index in [-0.39, 0.29) is 22.8 Å². The number of benzene rings is 1. The Labute approximate surface area is 96.6 Å². The maximum absolute atomic E-state index is 11.8. The van der Waals surface area contributed by atoms with Gasteiger partial charge in [-0.2, -0.15) is 0 Å². The number of thioether (sulfide) groups is 1. The predicted octanol–water partition coefficient (Wildman–Crippen LogP) is 1.52. The van der Waals surface area contributed by atoms with Gasteiger partial charge in [0.2, 0.25) is 0 Å². The van der Waals surface area contributed by atoms with Crippen molar-refractivity contribution in [1.82, 2.24) is 4.90 Å². The Hall–Kier alpha value is -1.62. The Morgan fingerprint density at radius 3 is 2.12 bits per heavy atom. The minimum atomic E-state index is -0.325. The van der Waals surface area contributed by atoms with Crippen LogP contribution >= 0.6 is 11.8 Å².